The third-order valence-corrected chi connectivity index (χ3v) is 4.73. The van der Waals surface area contributed by atoms with Gasteiger partial charge in [0.25, 0.3) is 0 Å². The van der Waals surface area contributed by atoms with Gasteiger partial charge in [-0.25, -0.2) is 0 Å². The number of halogens is 1. The fourth-order valence-corrected chi connectivity index (χ4v) is 3.52. The largest absolute Gasteiger partial charge is 0.389 e. The van der Waals surface area contributed by atoms with Crippen molar-refractivity contribution in [1.82, 2.24) is 10.2 Å². The second-order valence-corrected chi connectivity index (χ2v) is 6.79. The highest BCUT2D eigenvalue weighted by molar-refractivity contribution is 6.30. The van der Waals surface area contributed by atoms with Crippen LogP contribution in [0.2, 0.25) is 5.02 Å². The second-order valence-electron chi connectivity index (χ2n) is 6.35. The molecule has 0 aromatic heterocycles. The Labute approximate surface area is 133 Å². The van der Waals surface area contributed by atoms with Crippen LogP contribution in [0.5, 0.6) is 0 Å². The zero-order valence-corrected chi connectivity index (χ0v) is 13.9. The van der Waals surface area contributed by atoms with Gasteiger partial charge in [-0.05, 0) is 57.6 Å². The first-order valence-corrected chi connectivity index (χ1v) is 8.24. The Morgan fingerprint density at radius 2 is 2.10 bits per heavy atom. The molecule has 2 N–H and O–H groups in total. The van der Waals surface area contributed by atoms with Crippen LogP contribution in [0.1, 0.15) is 43.7 Å². The lowest BCUT2D eigenvalue weighted by Gasteiger charge is -2.29. The quantitative estimate of drug-likeness (QED) is 0.811. The molecule has 3 nitrogen and oxygen atoms in total. The van der Waals surface area contributed by atoms with Crippen LogP contribution < -0.4 is 5.32 Å². The highest BCUT2D eigenvalue weighted by Crippen LogP contribution is 2.30. The number of hydrogen-bond donors (Lipinski definition) is 2. The van der Waals surface area contributed by atoms with Gasteiger partial charge in [0, 0.05) is 17.6 Å². The van der Waals surface area contributed by atoms with E-state index in [0.29, 0.717) is 6.04 Å². The molecule has 1 atom stereocenters. The zero-order chi connectivity index (χ0) is 15.3. The Morgan fingerprint density at radius 1 is 1.38 bits per heavy atom. The molecular formula is C17H27ClN2O. The standard InChI is InChI=1S/C17H27ClN2O/c1-19-16(14-6-5-7-15(18)12-14)8-11-20(2)13-17(21)9-3-4-10-17/h5-7,12,16,19,21H,3-4,8-11,13H2,1-2H3. The van der Waals surface area contributed by atoms with Gasteiger partial charge in [-0.1, -0.05) is 36.6 Å². The Morgan fingerprint density at radius 3 is 2.71 bits per heavy atom. The molecule has 0 spiro atoms. The van der Waals surface area contributed by atoms with Crippen LogP contribution in [0.3, 0.4) is 0 Å². The molecule has 1 aromatic carbocycles. The number of hydrogen-bond acceptors (Lipinski definition) is 3. The molecule has 118 valence electrons. The molecule has 0 heterocycles. The van der Waals surface area contributed by atoms with Crippen molar-refractivity contribution < 1.29 is 5.11 Å². The van der Waals surface area contributed by atoms with Gasteiger partial charge in [-0.2, -0.15) is 0 Å². The zero-order valence-electron chi connectivity index (χ0n) is 13.1. The van der Waals surface area contributed by atoms with Crippen molar-refractivity contribution in [2.24, 2.45) is 0 Å². The molecule has 21 heavy (non-hydrogen) atoms. The lowest BCUT2D eigenvalue weighted by atomic mass is 10.0. The minimum atomic E-state index is -0.458. The van der Waals surface area contributed by atoms with Gasteiger partial charge in [0.15, 0.2) is 0 Å². The molecule has 0 amide bonds. The molecule has 2 rings (SSSR count). The van der Waals surface area contributed by atoms with E-state index in [9.17, 15) is 5.11 Å². The lowest BCUT2D eigenvalue weighted by molar-refractivity contribution is 0.0157. The van der Waals surface area contributed by atoms with Crippen molar-refractivity contribution in [3.05, 3.63) is 34.9 Å². The molecule has 1 aromatic rings. The summed E-state index contributed by atoms with van der Waals surface area (Å²) in [5.74, 6) is 0. The molecule has 1 aliphatic carbocycles. The first-order valence-electron chi connectivity index (χ1n) is 7.86. The van der Waals surface area contributed by atoms with E-state index in [1.54, 1.807) is 0 Å². The summed E-state index contributed by atoms with van der Waals surface area (Å²) < 4.78 is 0. The van der Waals surface area contributed by atoms with Gasteiger partial charge in [-0.15, -0.1) is 0 Å². The number of likely N-dealkylation sites (N-methyl/N-ethyl adjacent to an activating group) is 1. The van der Waals surface area contributed by atoms with E-state index < -0.39 is 5.60 Å². The summed E-state index contributed by atoms with van der Waals surface area (Å²) in [5.41, 5.74) is 0.762. The molecule has 0 saturated heterocycles. The van der Waals surface area contributed by atoms with Crippen molar-refractivity contribution in [1.29, 1.82) is 0 Å². The number of nitrogens with zero attached hydrogens (tertiary/aromatic N) is 1. The van der Waals surface area contributed by atoms with Crippen LogP contribution in [-0.4, -0.2) is 42.8 Å². The van der Waals surface area contributed by atoms with E-state index >= 15 is 0 Å². The monoisotopic (exact) mass is 310 g/mol. The fraction of sp³-hybridized carbons (Fsp3) is 0.647. The van der Waals surface area contributed by atoms with Gasteiger partial charge in [-0.3, -0.25) is 0 Å². The first-order chi connectivity index (χ1) is 10.0. The predicted molar refractivity (Wildman–Crippen MR) is 88.8 cm³/mol. The van der Waals surface area contributed by atoms with Gasteiger partial charge < -0.3 is 15.3 Å². The summed E-state index contributed by atoms with van der Waals surface area (Å²) in [7, 11) is 4.08. The topological polar surface area (TPSA) is 35.5 Å². The highest BCUT2D eigenvalue weighted by atomic mass is 35.5. The third-order valence-electron chi connectivity index (χ3n) is 4.50. The van der Waals surface area contributed by atoms with E-state index in [1.165, 1.54) is 5.56 Å². The van der Waals surface area contributed by atoms with Gasteiger partial charge in [0.05, 0.1) is 5.60 Å². The Kier molecular flexibility index (Phi) is 6.06. The summed E-state index contributed by atoms with van der Waals surface area (Å²) in [6, 6.07) is 8.32. The van der Waals surface area contributed by atoms with E-state index in [-0.39, 0.29) is 0 Å². The highest BCUT2D eigenvalue weighted by Gasteiger charge is 2.32. The van der Waals surface area contributed by atoms with Crippen LogP contribution in [0.15, 0.2) is 24.3 Å². The summed E-state index contributed by atoms with van der Waals surface area (Å²) in [4.78, 5) is 2.25. The van der Waals surface area contributed by atoms with Crippen molar-refractivity contribution in [3.8, 4) is 0 Å². The van der Waals surface area contributed by atoms with Crippen LogP contribution in [0, 0.1) is 0 Å². The summed E-state index contributed by atoms with van der Waals surface area (Å²) >= 11 is 6.07. The van der Waals surface area contributed by atoms with Gasteiger partial charge in [0.1, 0.15) is 0 Å². The predicted octanol–water partition coefficient (Wildman–Crippen LogP) is 3.23. The van der Waals surface area contributed by atoms with E-state index in [2.05, 4.69) is 23.3 Å². The fourth-order valence-electron chi connectivity index (χ4n) is 3.32. The molecule has 1 aliphatic rings. The summed E-state index contributed by atoms with van der Waals surface area (Å²) in [6.07, 6.45) is 5.21. The van der Waals surface area contributed by atoms with Crippen molar-refractivity contribution in [2.45, 2.75) is 43.7 Å². The molecule has 0 radical (unpaired) electrons. The van der Waals surface area contributed by atoms with E-state index in [0.717, 1.165) is 50.2 Å². The van der Waals surface area contributed by atoms with Crippen LogP contribution in [-0.2, 0) is 0 Å². The maximum Gasteiger partial charge on any atom is 0.0774 e. The van der Waals surface area contributed by atoms with E-state index in [1.807, 2.05) is 25.2 Å². The van der Waals surface area contributed by atoms with Crippen LogP contribution >= 0.6 is 11.6 Å². The van der Waals surface area contributed by atoms with Crippen molar-refractivity contribution >= 4 is 11.6 Å². The molecule has 1 saturated carbocycles. The Bertz CT molecular complexity index is 446. The van der Waals surface area contributed by atoms with Crippen LogP contribution in [0.4, 0.5) is 0 Å². The summed E-state index contributed by atoms with van der Waals surface area (Å²) in [6.45, 7) is 1.74. The maximum absolute atomic E-state index is 10.5. The molecule has 4 heteroatoms. The molecular weight excluding hydrogens is 284 g/mol. The normalized spacial score (nSPS) is 19.1. The van der Waals surface area contributed by atoms with Gasteiger partial charge >= 0.3 is 0 Å². The van der Waals surface area contributed by atoms with E-state index in [4.69, 9.17) is 11.6 Å². The van der Waals surface area contributed by atoms with Crippen molar-refractivity contribution in [2.75, 3.05) is 27.2 Å². The molecule has 0 aliphatic heterocycles. The van der Waals surface area contributed by atoms with Gasteiger partial charge in [0.2, 0.25) is 0 Å². The minimum absolute atomic E-state index is 0.296. The number of rotatable bonds is 7. The third kappa shape index (κ3) is 4.96. The first kappa shape index (κ1) is 16.8. The SMILES string of the molecule is CNC(CCN(C)CC1(O)CCCC1)c1cccc(Cl)c1. The molecule has 1 unspecified atom stereocenters. The molecule has 0 bridgehead atoms. The lowest BCUT2D eigenvalue weighted by Crippen LogP contribution is -2.40. The molecule has 1 fully saturated rings. The Balaban J connectivity index is 1.85. The number of aliphatic hydroxyl groups is 1. The minimum Gasteiger partial charge on any atom is -0.389 e. The smallest absolute Gasteiger partial charge is 0.0774 e. The maximum atomic E-state index is 10.5. The number of benzene rings is 1. The van der Waals surface area contributed by atoms with Crippen molar-refractivity contribution in [3.63, 3.8) is 0 Å². The summed E-state index contributed by atoms with van der Waals surface area (Å²) in [5, 5.41) is 14.6. The van der Waals surface area contributed by atoms with Crippen LogP contribution in [0.25, 0.3) is 0 Å². The Hall–Kier alpha value is -0.610. The number of nitrogens with one attached hydrogen (secondary N) is 1. The average molecular weight is 311 g/mol. The second kappa shape index (κ2) is 7.59. The average Bonchev–Trinajstić information content (AvgIpc) is 2.86.